The molecule has 13 aromatic rings. The van der Waals surface area contributed by atoms with Crippen molar-refractivity contribution >= 4 is 72.4 Å². The summed E-state index contributed by atoms with van der Waals surface area (Å²) in [5, 5.41) is 21.9. The van der Waals surface area contributed by atoms with Gasteiger partial charge in [-0.15, -0.1) is 0 Å². The Morgan fingerprint density at radius 3 is 1.27 bits per heavy atom. The van der Waals surface area contributed by atoms with Gasteiger partial charge in [0.2, 0.25) is 0 Å². The summed E-state index contributed by atoms with van der Waals surface area (Å²) >= 11 is 0. The van der Waals surface area contributed by atoms with E-state index in [-0.39, 0.29) is 0 Å². The lowest BCUT2D eigenvalue weighted by atomic mass is 10.00. The molecule has 15 rings (SSSR count). The highest BCUT2D eigenvalue weighted by molar-refractivity contribution is 7.24. The molecule has 328 valence electrons. The van der Waals surface area contributed by atoms with Crippen LogP contribution in [0.25, 0.3) is 111 Å². The summed E-state index contributed by atoms with van der Waals surface area (Å²) in [5.74, 6) is 0. The van der Waals surface area contributed by atoms with E-state index >= 15 is 0 Å². The minimum absolute atomic E-state index is 0.581. The van der Waals surface area contributed by atoms with Crippen LogP contribution in [-0.4, -0.2) is 22.2 Å². The van der Waals surface area contributed by atoms with E-state index < -0.39 is 8.07 Å². The third kappa shape index (κ3) is 5.45. The third-order valence-corrected chi connectivity index (χ3v) is 20.4. The van der Waals surface area contributed by atoms with Gasteiger partial charge in [-0.25, -0.2) is 0 Å². The maximum atomic E-state index is 11.9. The molecule has 2 aliphatic heterocycles. The fourth-order valence-electron chi connectivity index (χ4n) is 12.6. The normalized spacial score (nSPS) is 12.9. The first kappa shape index (κ1) is 39.6. The number of aromatic nitrogens is 3. The molecule has 0 saturated carbocycles. The van der Waals surface area contributed by atoms with E-state index in [0.29, 0.717) is 5.56 Å². The molecule has 5 heterocycles. The van der Waals surface area contributed by atoms with Gasteiger partial charge in [0.05, 0.1) is 39.1 Å². The molecule has 0 bridgehead atoms. The van der Waals surface area contributed by atoms with Gasteiger partial charge in [0, 0.05) is 33.3 Å². The van der Waals surface area contributed by atoms with Crippen molar-refractivity contribution in [3.8, 4) is 73.2 Å². The highest BCUT2D eigenvalue weighted by Gasteiger charge is 2.55. The van der Waals surface area contributed by atoms with Gasteiger partial charge in [-0.2, -0.15) is 5.26 Å². The van der Waals surface area contributed by atoms with Crippen molar-refractivity contribution in [3.05, 3.63) is 248 Å². The lowest BCUT2D eigenvalue weighted by molar-refractivity contribution is 1.12. The summed E-state index contributed by atoms with van der Waals surface area (Å²) in [6, 6.07) is 88.8. The quantitative estimate of drug-likeness (QED) is 0.162. The predicted molar refractivity (Wildman–Crippen MR) is 296 cm³/mol. The van der Waals surface area contributed by atoms with Crippen LogP contribution < -0.4 is 20.7 Å². The largest absolute Gasteiger partial charge is 0.308 e. The van der Waals surface area contributed by atoms with Gasteiger partial charge in [-0.1, -0.05) is 182 Å². The van der Waals surface area contributed by atoms with Gasteiger partial charge in [-0.05, 0) is 120 Å². The number of hydrogen-bond donors (Lipinski definition) is 0. The standard InChI is InChI=1S/C66H40N4Si/c67-41-55-60(69-56-26-12-7-21-47(56)53-37-44(31-33-58(53)69)42-17-3-1-4-18-42)39-46(40-61(55)70-57-27-13-8-22-48(57)54-38-45(32-34-59(54)70)43-19-5-2-6-20-43)65-66-52(35-36-68-65)51-25-11-16-30-64(51)71(66)62-28-14-9-23-49(62)50-24-10-15-29-63(50)71/h1-40H. The minimum Gasteiger partial charge on any atom is -0.308 e. The summed E-state index contributed by atoms with van der Waals surface area (Å²) in [5.41, 5.74) is 17.9. The Morgan fingerprint density at radius 1 is 0.352 bits per heavy atom. The SMILES string of the molecule is N#Cc1c(-n2c3ccccc3c3cc(-c4ccccc4)ccc32)cc(-c2nccc3c2[Si]2(c4ccccc4-c4ccccc42)c2ccccc2-3)cc1-n1c2ccccc2c2cc(-c3ccccc3)ccc21. The summed E-state index contributed by atoms with van der Waals surface area (Å²) in [4.78, 5) is 5.54. The highest BCUT2D eigenvalue weighted by atomic mass is 28.3. The molecule has 3 aromatic heterocycles. The van der Waals surface area contributed by atoms with Gasteiger partial charge >= 0.3 is 0 Å². The Bertz CT molecular complexity index is 4180. The van der Waals surface area contributed by atoms with Crippen LogP contribution in [0.3, 0.4) is 0 Å². The Hall–Kier alpha value is -9.34. The molecule has 0 unspecified atom stereocenters. The molecule has 0 atom stereocenters. The number of benzene rings is 10. The molecule has 2 aliphatic rings. The Labute approximate surface area is 411 Å². The van der Waals surface area contributed by atoms with E-state index in [1.165, 1.54) is 43.0 Å². The van der Waals surface area contributed by atoms with Crippen LogP contribution in [0.5, 0.6) is 0 Å². The van der Waals surface area contributed by atoms with Crippen LogP contribution in [0.4, 0.5) is 0 Å². The first-order valence-electron chi connectivity index (χ1n) is 24.3. The second-order valence-corrected chi connectivity index (χ2v) is 22.5. The van der Waals surface area contributed by atoms with E-state index in [1.807, 2.05) is 6.20 Å². The monoisotopic (exact) mass is 916 g/mol. The molecule has 0 aliphatic carbocycles. The summed E-state index contributed by atoms with van der Waals surface area (Å²) in [6.07, 6.45) is 2.00. The second-order valence-electron chi connectivity index (χ2n) is 18.9. The number of pyridine rings is 1. The lowest BCUT2D eigenvalue weighted by Crippen LogP contribution is -2.71. The van der Waals surface area contributed by atoms with E-state index in [4.69, 9.17) is 4.98 Å². The van der Waals surface area contributed by atoms with Gasteiger partial charge in [0.25, 0.3) is 0 Å². The first-order chi connectivity index (χ1) is 35.2. The topological polar surface area (TPSA) is 46.5 Å². The van der Waals surface area contributed by atoms with Gasteiger partial charge < -0.3 is 9.13 Å². The number of para-hydroxylation sites is 2. The third-order valence-electron chi connectivity index (χ3n) is 15.4. The summed E-state index contributed by atoms with van der Waals surface area (Å²) < 4.78 is 4.66. The maximum Gasteiger partial charge on any atom is 0.184 e. The van der Waals surface area contributed by atoms with Gasteiger partial charge in [-0.3, -0.25) is 4.98 Å². The average Bonchev–Trinajstić information content (AvgIpc) is 4.15. The molecule has 4 nitrogen and oxygen atoms in total. The van der Waals surface area contributed by atoms with E-state index in [1.54, 1.807) is 0 Å². The Balaban J connectivity index is 1.08. The first-order valence-corrected chi connectivity index (χ1v) is 26.3. The molecule has 0 fully saturated rings. The molecule has 0 amide bonds. The van der Waals surface area contributed by atoms with Gasteiger partial charge in [0.15, 0.2) is 8.07 Å². The molecular formula is C66H40N4Si. The van der Waals surface area contributed by atoms with Crippen molar-refractivity contribution in [2.75, 3.05) is 0 Å². The number of hydrogen-bond acceptors (Lipinski definition) is 2. The van der Waals surface area contributed by atoms with Crippen molar-refractivity contribution in [1.82, 2.24) is 14.1 Å². The van der Waals surface area contributed by atoms with Crippen molar-refractivity contribution in [1.29, 1.82) is 5.26 Å². The zero-order valence-electron chi connectivity index (χ0n) is 38.4. The predicted octanol–water partition coefficient (Wildman–Crippen LogP) is 13.5. The number of nitrogens with zero attached hydrogens (tertiary/aromatic N) is 4. The van der Waals surface area contributed by atoms with E-state index in [0.717, 1.165) is 88.5 Å². The number of fused-ring (bicyclic) bond motifs is 16. The van der Waals surface area contributed by atoms with Crippen LogP contribution in [0, 0.1) is 11.3 Å². The molecule has 71 heavy (non-hydrogen) atoms. The average molecular weight is 917 g/mol. The Kier molecular flexibility index (Phi) is 8.42. The Morgan fingerprint density at radius 2 is 0.775 bits per heavy atom. The van der Waals surface area contributed by atoms with Crippen LogP contribution in [-0.2, 0) is 0 Å². The van der Waals surface area contributed by atoms with Crippen LogP contribution in [0.1, 0.15) is 5.56 Å². The van der Waals surface area contributed by atoms with Crippen molar-refractivity contribution in [2.45, 2.75) is 0 Å². The number of rotatable bonds is 5. The van der Waals surface area contributed by atoms with Crippen LogP contribution in [0.15, 0.2) is 243 Å². The lowest BCUT2D eigenvalue weighted by Gasteiger charge is -2.29. The zero-order chi connectivity index (χ0) is 46.8. The zero-order valence-corrected chi connectivity index (χ0v) is 39.4. The summed E-state index contributed by atoms with van der Waals surface area (Å²) in [7, 11) is -2.96. The maximum absolute atomic E-state index is 11.9. The molecule has 5 heteroatoms. The molecule has 0 N–H and O–H groups in total. The highest BCUT2D eigenvalue weighted by Crippen LogP contribution is 2.44. The van der Waals surface area contributed by atoms with Crippen molar-refractivity contribution in [3.63, 3.8) is 0 Å². The van der Waals surface area contributed by atoms with Crippen LogP contribution >= 0.6 is 0 Å². The molecule has 10 aromatic carbocycles. The van der Waals surface area contributed by atoms with Crippen molar-refractivity contribution < 1.29 is 0 Å². The fourth-order valence-corrected chi connectivity index (χ4v) is 18.3. The van der Waals surface area contributed by atoms with E-state index in [2.05, 4.69) is 252 Å². The van der Waals surface area contributed by atoms with E-state index in [9.17, 15) is 5.26 Å². The van der Waals surface area contributed by atoms with Crippen LogP contribution in [0.2, 0.25) is 0 Å². The van der Waals surface area contributed by atoms with Gasteiger partial charge in [0.1, 0.15) is 11.6 Å². The molecule has 0 radical (unpaired) electrons. The summed E-state index contributed by atoms with van der Waals surface area (Å²) in [6.45, 7) is 0. The smallest absolute Gasteiger partial charge is 0.184 e. The van der Waals surface area contributed by atoms with Crippen molar-refractivity contribution in [2.24, 2.45) is 0 Å². The number of nitriles is 1. The molecular weight excluding hydrogens is 877 g/mol. The minimum atomic E-state index is -2.96. The molecule has 0 saturated heterocycles. The molecule has 1 spiro atoms. The fraction of sp³-hybridized carbons (Fsp3) is 0. The second kappa shape index (κ2) is 15.1.